The average molecular weight is 439 g/mol. The number of piperazine rings is 1. The molecule has 0 radical (unpaired) electrons. The summed E-state index contributed by atoms with van der Waals surface area (Å²) in [5.41, 5.74) is 0.222. The third-order valence-electron chi connectivity index (χ3n) is 5.47. The number of sulfonamides is 1. The van der Waals surface area contributed by atoms with Crippen LogP contribution in [0.5, 0.6) is 0 Å². The van der Waals surface area contributed by atoms with Crippen molar-refractivity contribution in [1.29, 1.82) is 0 Å². The lowest BCUT2D eigenvalue weighted by Crippen LogP contribution is -2.55. The minimum Gasteiger partial charge on any atom is -0.340 e. The van der Waals surface area contributed by atoms with Crippen molar-refractivity contribution in [1.82, 2.24) is 19.4 Å². The molecule has 1 aromatic carbocycles. The quantitative estimate of drug-likeness (QED) is 0.660. The first-order chi connectivity index (χ1) is 14.1. The Morgan fingerprint density at radius 2 is 1.70 bits per heavy atom. The molecular weight excluding hydrogens is 404 g/mol. The highest BCUT2D eigenvalue weighted by Crippen LogP contribution is 2.18. The summed E-state index contributed by atoms with van der Waals surface area (Å²) in [7, 11) is -1.65. The zero-order chi connectivity index (χ0) is 22.5. The van der Waals surface area contributed by atoms with Gasteiger partial charge in [0.1, 0.15) is 6.04 Å². The smallest absolute Gasteiger partial charge is 0.251 e. The molecule has 1 atom stereocenters. The van der Waals surface area contributed by atoms with Gasteiger partial charge >= 0.3 is 0 Å². The van der Waals surface area contributed by atoms with E-state index >= 15 is 0 Å². The monoisotopic (exact) mass is 438 g/mol. The van der Waals surface area contributed by atoms with Gasteiger partial charge in [-0.25, -0.2) is 8.42 Å². The number of hydrogen-bond donors (Lipinski definition) is 1. The molecule has 0 spiro atoms. The number of nitrogens with one attached hydrogen (secondary N) is 1. The lowest BCUT2D eigenvalue weighted by molar-refractivity contribution is -0.135. The molecule has 1 saturated heterocycles. The number of amides is 2. The molecule has 1 aromatic rings. The molecule has 1 heterocycles. The molecule has 168 valence electrons. The van der Waals surface area contributed by atoms with Crippen LogP contribution in [-0.4, -0.2) is 86.7 Å². The molecule has 30 heavy (non-hydrogen) atoms. The number of carbonyl (C=O) groups excluding carboxylic acids is 2. The van der Waals surface area contributed by atoms with Gasteiger partial charge in [0.2, 0.25) is 15.9 Å². The first kappa shape index (κ1) is 24.3. The normalized spacial score (nSPS) is 16.7. The summed E-state index contributed by atoms with van der Waals surface area (Å²) in [4.78, 5) is 29.9. The van der Waals surface area contributed by atoms with Gasteiger partial charge < -0.3 is 15.1 Å². The van der Waals surface area contributed by atoms with E-state index in [9.17, 15) is 18.0 Å². The number of hydrogen-bond acceptors (Lipinski definition) is 5. The molecule has 0 saturated carbocycles. The van der Waals surface area contributed by atoms with Crippen molar-refractivity contribution < 1.29 is 18.0 Å². The second kappa shape index (κ2) is 10.4. The highest BCUT2D eigenvalue weighted by atomic mass is 32.2. The molecule has 1 fully saturated rings. The van der Waals surface area contributed by atoms with E-state index in [0.29, 0.717) is 26.2 Å². The first-order valence-electron chi connectivity index (χ1n) is 10.5. The second-order valence-electron chi connectivity index (χ2n) is 7.94. The SMILES string of the molecule is CCN(CC)S(=O)(=O)c1cccc(C(=O)NC(C(=O)N2CCN(C)CC2)C(C)C)c1. The van der Waals surface area contributed by atoms with Crippen molar-refractivity contribution in [2.24, 2.45) is 5.92 Å². The summed E-state index contributed by atoms with van der Waals surface area (Å²) < 4.78 is 26.9. The van der Waals surface area contributed by atoms with Crippen molar-refractivity contribution in [2.75, 3.05) is 46.3 Å². The van der Waals surface area contributed by atoms with Crippen LogP contribution in [0.25, 0.3) is 0 Å². The van der Waals surface area contributed by atoms with E-state index < -0.39 is 22.0 Å². The van der Waals surface area contributed by atoms with Gasteiger partial charge in [-0.1, -0.05) is 33.8 Å². The van der Waals surface area contributed by atoms with E-state index in [1.54, 1.807) is 30.9 Å². The van der Waals surface area contributed by atoms with Gasteiger partial charge in [-0.05, 0) is 31.2 Å². The lowest BCUT2D eigenvalue weighted by Gasteiger charge is -2.35. The van der Waals surface area contributed by atoms with Crippen LogP contribution in [0.2, 0.25) is 0 Å². The molecule has 0 bridgehead atoms. The molecular formula is C21H34N4O4S. The van der Waals surface area contributed by atoms with E-state index in [-0.39, 0.29) is 22.3 Å². The maximum Gasteiger partial charge on any atom is 0.251 e. The maximum absolute atomic E-state index is 13.0. The van der Waals surface area contributed by atoms with E-state index in [1.165, 1.54) is 16.4 Å². The number of benzene rings is 1. The standard InChI is InChI=1S/C21H34N4O4S/c1-6-25(7-2)30(28,29)18-10-8-9-17(15-18)20(26)22-19(16(3)4)21(27)24-13-11-23(5)12-14-24/h8-10,15-16,19H,6-7,11-14H2,1-5H3,(H,22,26). The zero-order valence-corrected chi connectivity index (χ0v) is 19.4. The lowest BCUT2D eigenvalue weighted by atomic mass is 10.0. The Hall–Kier alpha value is -1.97. The van der Waals surface area contributed by atoms with Crippen molar-refractivity contribution in [3.63, 3.8) is 0 Å². The molecule has 1 aliphatic rings. The minimum atomic E-state index is -3.67. The van der Waals surface area contributed by atoms with E-state index in [4.69, 9.17) is 0 Å². The molecule has 1 N–H and O–H groups in total. The molecule has 1 aliphatic heterocycles. The summed E-state index contributed by atoms with van der Waals surface area (Å²) in [5, 5.41) is 2.82. The third kappa shape index (κ3) is 5.59. The largest absolute Gasteiger partial charge is 0.340 e. The molecule has 9 heteroatoms. The Kier molecular flexibility index (Phi) is 8.40. The van der Waals surface area contributed by atoms with Crippen LogP contribution in [0.1, 0.15) is 38.1 Å². The molecule has 8 nitrogen and oxygen atoms in total. The van der Waals surface area contributed by atoms with Crippen LogP contribution in [0.3, 0.4) is 0 Å². The number of carbonyl (C=O) groups is 2. The van der Waals surface area contributed by atoms with Crippen LogP contribution in [0, 0.1) is 5.92 Å². The molecule has 2 amide bonds. The van der Waals surface area contributed by atoms with E-state index in [2.05, 4.69) is 10.2 Å². The van der Waals surface area contributed by atoms with Crippen LogP contribution in [0.15, 0.2) is 29.2 Å². The van der Waals surface area contributed by atoms with Gasteiger partial charge in [0, 0.05) is 44.8 Å². The van der Waals surface area contributed by atoms with Crippen LogP contribution in [-0.2, 0) is 14.8 Å². The fraction of sp³-hybridized carbons (Fsp3) is 0.619. The van der Waals surface area contributed by atoms with Crippen LogP contribution < -0.4 is 5.32 Å². The third-order valence-corrected chi connectivity index (χ3v) is 7.52. The molecule has 2 rings (SSSR count). The predicted octanol–water partition coefficient (Wildman–Crippen LogP) is 1.25. The van der Waals surface area contributed by atoms with Crippen molar-refractivity contribution in [3.05, 3.63) is 29.8 Å². The molecule has 0 aromatic heterocycles. The van der Waals surface area contributed by atoms with Gasteiger partial charge in [-0.15, -0.1) is 0 Å². The average Bonchev–Trinajstić information content (AvgIpc) is 2.72. The van der Waals surface area contributed by atoms with Gasteiger partial charge in [0.05, 0.1) is 4.90 Å². The van der Waals surface area contributed by atoms with Crippen molar-refractivity contribution in [3.8, 4) is 0 Å². The maximum atomic E-state index is 13.0. The van der Waals surface area contributed by atoms with Crippen LogP contribution >= 0.6 is 0 Å². The fourth-order valence-electron chi connectivity index (χ4n) is 3.47. The topological polar surface area (TPSA) is 90.0 Å². The molecule has 1 unspecified atom stereocenters. The van der Waals surface area contributed by atoms with Gasteiger partial charge in [0.25, 0.3) is 5.91 Å². The Morgan fingerprint density at radius 3 is 2.23 bits per heavy atom. The Balaban J connectivity index is 2.20. The predicted molar refractivity (Wildman–Crippen MR) is 117 cm³/mol. The second-order valence-corrected chi connectivity index (χ2v) is 9.88. The van der Waals surface area contributed by atoms with Crippen LogP contribution in [0.4, 0.5) is 0 Å². The number of rotatable bonds is 8. The van der Waals surface area contributed by atoms with E-state index in [1.807, 2.05) is 20.9 Å². The summed E-state index contributed by atoms with van der Waals surface area (Å²) >= 11 is 0. The Labute approximate surface area is 180 Å². The van der Waals surface area contributed by atoms with Crippen molar-refractivity contribution >= 4 is 21.8 Å². The highest BCUT2D eigenvalue weighted by molar-refractivity contribution is 7.89. The minimum absolute atomic E-state index is 0.0744. The van der Waals surface area contributed by atoms with E-state index in [0.717, 1.165) is 13.1 Å². The molecule has 0 aliphatic carbocycles. The van der Waals surface area contributed by atoms with Gasteiger partial charge in [-0.3, -0.25) is 9.59 Å². The summed E-state index contributed by atoms with van der Waals surface area (Å²) in [6.45, 7) is 10.9. The number of nitrogens with zero attached hydrogens (tertiary/aromatic N) is 3. The summed E-state index contributed by atoms with van der Waals surface area (Å²) in [6, 6.07) is 5.32. The highest BCUT2D eigenvalue weighted by Gasteiger charge is 2.31. The Bertz CT molecular complexity index is 844. The fourth-order valence-corrected chi connectivity index (χ4v) is 4.98. The van der Waals surface area contributed by atoms with Crippen molar-refractivity contribution in [2.45, 2.75) is 38.6 Å². The summed E-state index contributed by atoms with van der Waals surface area (Å²) in [6.07, 6.45) is 0. The Morgan fingerprint density at radius 1 is 1.10 bits per heavy atom. The summed E-state index contributed by atoms with van der Waals surface area (Å²) in [5.74, 6) is -0.644. The van der Waals surface area contributed by atoms with Gasteiger partial charge in [-0.2, -0.15) is 4.31 Å². The van der Waals surface area contributed by atoms with Gasteiger partial charge in [0.15, 0.2) is 0 Å². The zero-order valence-electron chi connectivity index (χ0n) is 18.6. The number of likely N-dealkylation sites (N-methyl/N-ethyl adjacent to an activating group) is 1. The first-order valence-corrected chi connectivity index (χ1v) is 11.9.